The molecule has 162 valence electrons. The third kappa shape index (κ3) is 5.85. The summed E-state index contributed by atoms with van der Waals surface area (Å²) in [6, 6.07) is 17.4. The van der Waals surface area contributed by atoms with Crippen LogP contribution in [0.1, 0.15) is 31.8 Å². The van der Waals surface area contributed by atoms with Crippen LogP contribution in [0.3, 0.4) is 0 Å². The van der Waals surface area contributed by atoms with Crippen molar-refractivity contribution in [3.63, 3.8) is 0 Å². The molecule has 0 unspecified atom stereocenters. The molecule has 0 amide bonds. The zero-order chi connectivity index (χ0) is 23.3. The molecule has 3 aromatic carbocycles. The molecule has 0 atom stereocenters. The van der Waals surface area contributed by atoms with Crippen molar-refractivity contribution < 1.29 is 19.6 Å². The number of halogens is 2. The summed E-state index contributed by atoms with van der Waals surface area (Å²) in [5.41, 5.74) is 1.57. The standard InChI is InChI=1S/C23H15BrClNO5S/c24-18-10-5-14(11-20(18)26(30)31)12-21(32-13-17-3-1-2-4-19(17)25)22(27)15-6-8-16(9-7-15)23(28)29/h1-12H,13H2,(H,28,29)/b21-12+. The molecule has 9 heteroatoms. The number of carbonyl (C=O) groups excluding carboxylic acids is 1. The van der Waals surface area contributed by atoms with E-state index in [1.165, 1.54) is 42.1 Å². The van der Waals surface area contributed by atoms with Gasteiger partial charge in [-0.05, 0) is 57.4 Å². The fraction of sp³-hybridized carbons (Fsp3) is 0.0435. The monoisotopic (exact) mass is 531 g/mol. The molecule has 0 aromatic heterocycles. The van der Waals surface area contributed by atoms with E-state index in [1.807, 2.05) is 18.2 Å². The van der Waals surface area contributed by atoms with Gasteiger partial charge in [-0.3, -0.25) is 14.9 Å². The Balaban J connectivity index is 1.98. The molecule has 0 fully saturated rings. The van der Waals surface area contributed by atoms with Gasteiger partial charge in [-0.25, -0.2) is 4.79 Å². The van der Waals surface area contributed by atoms with Crippen molar-refractivity contribution in [3.8, 4) is 0 Å². The van der Waals surface area contributed by atoms with Crippen molar-refractivity contribution in [2.24, 2.45) is 0 Å². The number of thioether (sulfide) groups is 1. The molecule has 0 heterocycles. The second-order valence-corrected chi connectivity index (χ2v) is 8.85. The molecule has 0 aliphatic carbocycles. The number of nitro groups is 1. The van der Waals surface area contributed by atoms with E-state index in [9.17, 15) is 19.7 Å². The maximum atomic E-state index is 13.2. The molecule has 0 saturated heterocycles. The first kappa shape index (κ1) is 23.7. The summed E-state index contributed by atoms with van der Waals surface area (Å²) < 4.78 is 0.334. The smallest absolute Gasteiger partial charge is 0.335 e. The number of rotatable bonds is 8. The second kappa shape index (κ2) is 10.6. The Hall–Kier alpha value is -2.94. The van der Waals surface area contributed by atoms with Gasteiger partial charge < -0.3 is 5.11 Å². The number of allylic oxidation sites excluding steroid dienone is 1. The van der Waals surface area contributed by atoms with Crippen LogP contribution in [0.25, 0.3) is 6.08 Å². The van der Waals surface area contributed by atoms with E-state index >= 15 is 0 Å². The molecular weight excluding hydrogens is 518 g/mol. The maximum absolute atomic E-state index is 13.2. The van der Waals surface area contributed by atoms with Gasteiger partial charge in [-0.15, -0.1) is 11.8 Å². The average Bonchev–Trinajstić information content (AvgIpc) is 2.78. The maximum Gasteiger partial charge on any atom is 0.335 e. The van der Waals surface area contributed by atoms with Crippen LogP contribution in [0.5, 0.6) is 0 Å². The molecular formula is C23H15BrClNO5S. The number of carboxylic acids is 1. The number of hydrogen-bond acceptors (Lipinski definition) is 5. The molecule has 3 rings (SSSR count). The predicted molar refractivity (Wildman–Crippen MR) is 129 cm³/mol. The third-order valence-electron chi connectivity index (χ3n) is 4.42. The van der Waals surface area contributed by atoms with E-state index in [0.29, 0.717) is 31.3 Å². The van der Waals surface area contributed by atoms with Gasteiger partial charge in [0.25, 0.3) is 5.69 Å². The summed E-state index contributed by atoms with van der Waals surface area (Å²) in [4.78, 5) is 35.4. The van der Waals surface area contributed by atoms with Crippen molar-refractivity contribution >= 4 is 62.8 Å². The lowest BCUT2D eigenvalue weighted by atomic mass is 10.1. The number of carboxylic acid groups (broad SMARTS) is 1. The van der Waals surface area contributed by atoms with Gasteiger partial charge >= 0.3 is 5.97 Å². The summed E-state index contributed by atoms with van der Waals surface area (Å²) in [6.45, 7) is 0. The predicted octanol–water partition coefficient (Wildman–Crippen LogP) is 6.87. The fourth-order valence-electron chi connectivity index (χ4n) is 2.76. The van der Waals surface area contributed by atoms with Gasteiger partial charge in [0.05, 0.1) is 19.9 Å². The van der Waals surface area contributed by atoms with E-state index in [2.05, 4.69) is 15.9 Å². The Bertz CT molecular complexity index is 1230. The number of benzene rings is 3. The number of Topliss-reactive ketones (excluding diaryl/α,β-unsaturated/α-hetero) is 1. The topological polar surface area (TPSA) is 97.5 Å². The molecule has 0 aliphatic rings. The molecule has 0 aliphatic heterocycles. The summed E-state index contributed by atoms with van der Waals surface area (Å²) in [6.07, 6.45) is 1.58. The third-order valence-corrected chi connectivity index (χ3v) is 6.53. The Morgan fingerprint density at radius 2 is 1.72 bits per heavy atom. The van der Waals surface area contributed by atoms with Gasteiger partial charge in [-0.2, -0.15) is 0 Å². The first-order valence-corrected chi connectivity index (χ1v) is 11.3. The molecule has 0 radical (unpaired) electrons. The number of carbonyl (C=O) groups is 2. The fourth-order valence-corrected chi connectivity index (χ4v) is 4.47. The Kier molecular flexibility index (Phi) is 7.84. The van der Waals surface area contributed by atoms with Crippen LogP contribution in [0.15, 0.2) is 76.1 Å². The first-order chi connectivity index (χ1) is 15.3. The number of nitrogens with zero attached hydrogens (tertiary/aromatic N) is 1. The lowest BCUT2D eigenvalue weighted by Crippen LogP contribution is -2.03. The highest BCUT2D eigenvalue weighted by Gasteiger charge is 2.17. The van der Waals surface area contributed by atoms with E-state index in [0.717, 1.165) is 5.56 Å². The lowest BCUT2D eigenvalue weighted by molar-refractivity contribution is -0.385. The molecule has 0 saturated carbocycles. The highest BCUT2D eigenvalue weighted by atomic mass is 79.9. The average molecular weight is 533 g/mol. The van der Waals surface area contributed by atoms with Crippen molar-refractivity contribution in [1.29, 1.82) is 0 Å². The molecule has 6 nitrogen and oxygen atoms in total. The molecule has 0 bridgehead atoms. The minimum Gasteiger partial charge on any atom is -0.478 e. The van der Waals surface area contributed by atoms with Crippen LogP contribution in [-0.4, -0.2) is 21.8 Å². The van der Waals surface area contributed by atoms with Crippen molar-refractivity contribution in [3.05, 3.63) is 113 Å². The SMILES string of the molecule is O=C(O)c1ccc(C(=O)/C(=C\c2ccc(Br)c([N+](=O)[O-])c2)SCc2ccccc2Cl)cc1. The normalized spacial score (nSPS) is 11.2. The summed E-state index contributed by atoms with van der Waals surface area (Å²) in [5, 5.41) is 20.9. The summed E-state index contributed by atoms with van der Waals surface area (Å²) in [7, 11) is 0. The molecule has 32 heavy (non-hydrogen) atoms. The zero-order valence-electron chi connectivity index (χ0n) is 16.3. The number of nitro benzene ring substituents is 1. The van der Waals surface area contributed by atoms with Crippen molar-refractivity contribution in [2.75, 3.05) is 0 Å². The quantitative estimate of drug-likeness (QED) is 0.147. The Morgan fingerprint density at radius 3 is 2.34 bits per heavy atom. The molecule has 0 spiro atoms. The lowest BCUT2D eigenvalue weighted by Gasteiger charge is -2.09. The van der Waals surface area contributed by atoms with Crippen LogP contribution in [0.4, 0.5) is 5.69 Å². The molecule has 1 N–H and O–H groups in total. The van der Waals surface area contributed by atoms with E-state index in [1.54, 1.807) is 24.3 Å². The zero-order valence-corrected chi connectivity index (χ0v) is 19.5. The van der Waals surface area contributed by atoms with Crippen LogP contribution in [0.2, 0.25) is 5.02 Å². The van der Waals surface area contributed by atoms with Crippen LogP contribution < -0.4 is 0 Å². The van der Waals surface area contributed by atoms with Gasteiger partial charge in [0.1, 0.15) is 0 Å². The van der Waals surface area contributed by atoms with E-state index < -0.39 is 10.9 Å². The largest absolute Gasteiger partial charge is 0.478 e. The van der Waals surface area contributed by atoms with Crippen molar-refractivity contribution in [1.82, 2.24) is 0 Å². The second-order valence-electron chi connectivity index (χ2n) is 6.57. The number of hydrogen-bond donors (Lipinski definition) is 1. The highest BCUT2D eigenvalue weighted by Crippen LogP contribution is 2.32. The van der Waals surface area contributed by atoms with E-state index in [4.69, 9.17) is 16.7 Å². The van der Waals surface area contributed by atoms with Gasteiger partial charge in [0.15, 0.2) is 5.78 Å². The summed E-state index contributed by atoms with van der Waals surface area (Å²) in [5.74, 6) is -1.01. The minimum atomic E-state index is -1.09. The number of aromatic carboxylic acids is 1. The van der Waals surface area contributed by atoms with Crippen LogP contribution in [0, 0.1) is 10.1 Å². The van der Waals surface area contributed by atoms with Crippen LogP contribution >= 0.6 is 39.3 Å². The number of ketones is 1. The van der Waals surface area contributed by atoms with Gasteiger partial charge in [0.2, 0.25) is 0 Å². The minimum absolute atomic E-state index is 0.0688. The Labute approximate surface area is 201 Å². The summed E-state index contributed by atoms with van der Waals surface area (Å²) >= 11 is 10.6. The molecule has 3 aromatic rings. The van der Waals surface area contributed by atoms with Crippen molar-refractivity contribution in [2.45, 2.75) is 5.75 Å². The van der Waals surface area contributed by atoms with E-state index in [-0.39, 0.29) is 17.0 Å². The first-order valence-electron chi connectivity index (χ1n) is 9.16. The van der Waals surface area contributed by atoms with Gasteiger partial charge in [-0.1, -0.05) is 48.0 Å². The van der Waals surface area contributed by atoms with Gasteiger partial charge in [0, 0.05) is 22.4 Å². The Morgan fingerprint density at radius 1 is 1.06 bits per heavy atom. The highest BCUT2D eigenvalue weighted by molar-refractivity contribution is 9.10. The van der Waals surface area contributed by atoms with Crippen LogP contribution in [-0.2, 0) is 5.75 Å².